The Morgan fingerprint density at radius 3 is 2.67 bits per heavy atom. The third kappa shape index (κ3) is 5.19. The van der Waals surface area contributed by atoms with Crippen LogP contribution < -0.4 is 5.32 Å². The van der Waals surface area contributed by atoms with Crippen LogP contribution in [0.1, 0.15) is 39.0 Å². The van der Waals surface area contributed by atoms with Crippen molar-refractivity contribution in [3.63, 3.8) is 0 Å². The van der Waals surface area contributed by atoms with E-state index in [9.17, 15) is 0 Å². The topological polar surface area (TPSA) is 39.1 Å². The number of ether oxygens (including phenoxy) is 1. The molecule has 1 rings (SSSR count). The summed E-state index contributed by atoms with van der Waals surface area (Å²) >= 11 is 0. The van der Waals surface area contributed by atoms with E-state index in [0.29, 0.717) is 12.0 Å². The van der Waals surface area contributed by atoms with Crippen LogP contribution in [0, 0.1) is 12.8 Å². The highest BCUT2D eigenvalue weighted by atomic mass is 16.5. The highest BCUT2D eigenvalue weighted by Gasteiger charge is 2.06. The minimum absolute atomic E-state index is 0.502. The minimum Gasteiger partial charge on any atom is -0.379 e. The first kappa shape index (κ1) is 15.2. The van der Waals surface area contributed by atoms with Gasteiger partial charge >= 0.3 is 0 Å². The lowest BCUT2D eigenvalue weighted by molar-refractivity contribution is 0.101. The van der Waals surface area contributed by atoms with Gasteiger partial charge in [-0.25, -0.2) is 0 Å². The molecule has 4 nitrogen and oxygen atoms in total. The summed E-state index contributed by atoms with van der Waals surface area (Å²) in [5.74, 6) is 0.592. The molecule has 0 atom stereocenters. The quantitative estimate of drug-likeness (QED) is 0.723. The molecule has 0 aliphatic rings. The molecule has 0 fully saturated rings. The Bertz CT molecular complexity index is 345. The molecule has 1 aromatic heterocycles. The molecule has 1 aromatic rings. The van der Waals surface area contributed by atoms with Crippen molar-refractivity contribution in [1.29, 1.82) is 0 Å². The van der Waals surface area contributed by atoms with E-state index in [4.69, 9.17) is 4.74 Å². The summed E-state index contributed by atoms with van der Waals surface area (Å²) in [6, 6.07) is 0.502. The number of aromatic nitrogens is 2. The van der Waals surface area contributed by atoms with Crippen LogP contribution in [0.2, 0.25) is 0 Å². The molecule has 0 aromatic carbocycles. The molecule has 0 aliphatic heterocycles. The van der Waals surface area contributed by atoms with Gasteiger partial charge < -0.3 is 10.1 Å². The lowest BCUT2D eigenvalue weighted by atomic mass is 10.2. The van der Waals surface area contributed by atoms with E-state index in [2.05, 4.69) is 45.0 Å². The highest BCUT2D eigenvalue weighted by molar-refractivity contribution is 5.15. The van der Waals surface area contributed by atoms with E-state index in [1.807, 2.05) is 10.9 Å². The smallest absolute Gasteiger partial charge is 0.0662 e. The molecule has 1 heterocycles. The summed E-state index contributed by atoms with van der Waals surface area (Å²) in [5.41, 5.74) is 2.50. The predicted octanol–water partition coefficient (Wildman–Crippen LogP) is 2.36. The minimum atomic E-state index is 0.502. The van der Waals surface area contributed by atoms with Gasteiger partial charge in [0.1, 0.15) is 0 Å². The van der Waals surface area contributed by atoms with Crippen LogP contribution in [-0.4, -0.2) is 29.0 Å². The van der Waals surface area contributed by atoms with Gasteiger partial charge in [0.05, 0.1) is 19.3 Å². The second-order valence-electron chi connectivity index (χ2n) is 5.48. The van der Waals surface area contributed by atoms with Gasteiger partial charge in [-0.3, -0.25) is 4.68 Å². The normalized spacial score (nSPS) is 11.7. The van der Waals surface area contributed by atoms with Crippen molar-refractivity contribution in [3.05, 3.63) is 17.5 Å². The Morgan fingerprint density at radius 1 is 1.33 bits per heavy atom. The molecule has 0 spiro atoms. The highest BCUT2D eigenvalue weighted by Crippen LogP contribution is 2.07. The number of nitrogens with zero attached hydrogens (tertiary/aromatic N) is 2. The van der Waals surface area contributed by atoms with Gasteiger partial charge in [-0.15, -0.1) is 0 Å². The first-order chi connectivity index (χ1) is 8.50. The molecule has 0 amide bonds. The number of hydrogen-bond acceptors (Lipinski definition) is 3. The zero-order chi connectivity index (χ0) is 13.5. The fourth-order valence-corrected chi connectivity index (χ4v) is 1.67. The van der Waals surface area contributed by atoms with Crippen LogP contribution in [0.5, 0.6) is 0 Å². The summed E-state index contributed by atoms with van der Waals surface area (Å²) in [6.07, 6.45) is 1.95. The molecule has 1 N–H and O–H groups in total. The molecule has 0 saturated carbocycles. The average molecular weight is 253 g/mol. The van der Waals surface area contributed by atoms with Crippen LogP contribution in [-0.2, 0) is 17.8 Å². The molecule has 0 aliphatic carbocycles. The summed E-state index contributed by atoms with van der Waals surface area (Å²) < 4.78 is 7.61. The van der Waals surface area contributed by atoms with Crippen molar-refractivity contribution < 1.29 is 4.74 Å². The van der Waals surface area contributed by atoms with Crippen molar-refractivity contribution in [2.24, 2.45) is 5.92 Å². The van der Waals surface area contributed by atoms with Crippen LogP contribution in [0.4, 0.5) is 0 Å². The van der Waals surface area contributed by atoms with Crippen LogP contribution >= 0.6 is 0 Å². The van der Waals surface area contributed by atoms with Crippen LogP contribution in [0.15, 0.2) is 6.20 Å². The van der Waals surface area contributed by atoms with Gasteiger partial charge in [0.15, 0.2) is 0 Å². The largest absolute Gasteiger partial charge is 0.379 e. The number of hydrogen-bond donors (Lipinski definition) is 1. The molecule has 0 bridgehead atoms. The number of rotatable bonds is 8. The van der Waals surface area contributed by atoms with Crippen molar-refractivity contribution >= 4 is 0 Å². The van der Waals surface area contributed by atoms with Gasteiger partial charge in [0, 0.05) is 30.5 Å². The fraction of sp³-hybridized carbons (Fsp3) is 0.786. The Morgan fingerprint density at radius 2 is 2.06 bits per heavy atom. The van der Waals surface area contributed by atoms with Crippen molar-refractivity contribution in [2.45, 2.75) is 53.8 Å². The van der Waals surface area contributed by atoms with E-state index >= 15 is 0 Å². The second kappa shape index (κ2) is 7.54. The predicted molar refractivity (Wildman–Crippen MR) is 74.6 cm³/mol. The first-order valence-electron chi connectivity index (χ1n) is 6.83. The van der Waals surface area contributed by atoms with Gasteiger partial charge in [-0.1, -0.05) is 27.7 Å². The maximum absolute atomic E-state index is 5.58. The third-order valence-electron chi connectivity index (χ3n) is 2.80. The Labute approximate surface area is 111 Å². The van der Waals surface area contributed by atoms with Crippen LogP contribution in [0.25, 0.3) is 0 Å². The summed E-state index contributed by atoms with van der Waals surface area (Å²) in [5, 5.41) is 7.82. The molecular formula is C14H27N3O. The molecule has 104 valence electrons. The Hall–Kier alpha value is -0.870. The van der Waals surface area contributed by atoms with E-state index in [0.717, 1.165) is 26.3 Å². The van der Waals surface area contributed by atoms with Gasteiger partial charge in [-0.2, -0.15) is 5.10 Å². The monoisotopic (exact) mass is 253 g/mol. The lowest BCUT2D eigenvalue weighted by Crippen LogP contribution is -2.22. The van der Waals surface area contributed by atoms with Crippen molar-refractivity contribution in [3.8, 4) is 0 Å². The molecule has 18 heavy (non-hydrogen) atoms. The maximum Gasteiger partial charge on any atom is 0.0662 e. The third-order valence-corrected chi connectivity index (χ3v) is 2.80. The van der Waals surface area contributed by atoms with E-state index in [-0.39, 0.29) is 0 Å². The van der Waals surface area contributed by atoms with Crippen LogP contribution in [0.3, 0.4) is 0 Å². The average Bonchev–Trinajstić information content (AvgIpc) is 2.63. The second-order valence-corrected chi connectivity index (χ2v) is 5.48. The standard InChI is InChI=1S/C14H27N3O/c1-11(2)10-18-7-6-17-13(5)14(9-16-17)8-15-12(3)4/h9,11-12,15H,6-8,10H2,1-5H3. The Balaban J connectivity index is 2.38. The molecule has 4 heteroatoms. The zero-order valence-corrected chi connectivity index (χ0v) is 12.4. The lowest BCUT2D eigenvalue weighted by Gasteiger charge is -2.09. The van der Waals surface area contributed by atoms with Gasteiger partial charge in [-0.05, 0) is 12.8 Å². The first-order valence-corrected chi connectivity index (χ1v) is 6.83. The van der Waals surface area contributed by atoms with Gasteiger partial charge in [0.25, 0.3) is 0 Å². The fourth-order valence-electron chi connectivity index (χ4n) is 1.67. The summed E-state index contributed by atoms with van der Waals surface area (Å²) in [7, 11) is 0. The maximum atomic E-state index is 5.58. The van der Waals surface area contributed by atoms with Crippen molar-refractivity contribution in [1.82, 2.24) is 15.1 Å². The van der Waals surface area contributed by atoms with Gasteiger partial charge in [0.2, 0.25) is 0 Å². The van der Waals surface area contributed by atoms with Crippen molar-refractivity contribution in [2.75, 3.05) is 13.2 Å². The molecule has 0 unspecified atom stereocenters. The molecule has 0 saturated heterocycles. The Kier molecular flexibility index (Phi) is 6.36. The van der Waals surface area contributed by atoms with E-state index in [1.54, 1.807) is 0 Å². The SMILES string of the molecule is Cc1c(CNC(C)C)cnn1CCOCC(C)C. The molecular weight excluding hydrogens is 226 g/mol. The summed E-state index contributed by atoms with van der Waals surface area (Å²) in [4.78, 5) is 0. The summed E-state index contributed by atoms with van der Waals surface area (Å²) in [6.45, 7) is 14.0. The number of nitrogens with one attached hydrogen (secondary N) is 1. The van der Waals surface area contributed by atoms with E-state index < -0.39 is 0 Å². The molecule has 0 radical (unpaired) electrons. The van der Waals surface area contributed by atoms with E-state index in [1.165, 1.54) is 11.3 Å². The zero-order valence-electron chi connectivity index (χ0n) is 12.4.